The molecule has 0 rings (SSSR count). The van der Waals surface area contributed by atoms with Gasteiger partial charge in [-0.05, 0) is 65.8 Å². The van der Waals surface area contributed by atoms with Gasteiger partial charge in [0.1, 0.15) is 0 Å². The third kappa shape index (κ3) is 23.6. The molecule has 0 aliphatic heterocycles. The van der Waals surface area contributed by atoms with E-state index in [2.05, 4.69) is 48.3 Å². The Bertz CT molecular complexity index is 414. The van der Waals surface area contributed by atoms with Gasteiger partial charge in [-0.2, -0.15) is 0 Å². The summed E-state index contributed by atoms with van der Waals surface area (Å²) in [6.07, 6.45) is 21.3. The lowest BCUT2D eigenvalue weighted by Crippen LogP contribution is -2.25. The molecular formula is C26H54N4O. The fraction of sp³-hybridized carbons (Fsp3) is 0.885. The van der Waals surface area contributed by atoms with Crippen molar-refractivity contribution in [3.63, 3.8) is 0 Å². The van der Waals surface area contributed by atoms with Gasteiger partial charge >= 0.3 is 0 Å². The largest absolute Gasteiger partial charge is 0.356 e. The predicted molar refractivity (Wildman–Crippen MR) is 137 cm³/mol. The Labute approximate surface area is 194 Å². The van der Waals surface area contributed by atoms with Crippen molar-refractivity contribution in [3.05, 3.63) is 12.2 Å². The SMILES string of the molecule is CCCCCCCCCCCC(=O)NCCCCN(C)CC=CCCN(C)CCCN. The lowest BCUT2D eigenvalue weighted by molar-refractivity contribution is -0.121. The molecule has 0 aromatic heterocycles. The van der Waals surface area contributed by atoms with Crippen LogP contribution in [-0.4, -0.2) is 69.1 Å². The Morgan fingerprint density at radius 2 is 1.42 bits per heavy atom. The molecule has 0 bridgehead atoms. The van der Waals surface area contributed by atoms with Gasteiger partial charge in [-0.3, -0.25) is 4.79 Å². The van der Waals surface area contributed by atoms with Gasteiger partial charge in [0.05, 0.1) is 0 Å². The zero-order chi connectivity index (χ0) is 23.0. The lowest BCUT2D eigenvalue weighted by atomic mass is 10.1. The van der Waals surface area contributed by atoms with E-state index in [-0.39, 0.29) is 5.91 Å². The number of nitrogens with two attached hydrogens (primary N) is 1. The second kappa shape index (κ2) is 23.7. The maximum atomic E-state index is 11.9. The molecule has 0 saturated heterocycles. The molecule has 0 atom stereocenters. The van der Waals surface area contributed by atoms with Crippen LogP contribution in [0.5, 0.6) is 0 Å². The molecule has 184 valence electrons. The second-order valence-electron chi connectivity index (χ2n) is 9.10. The van der Waals surface area contributed by atoms with E-state index in [1.54, 1.807) is 0 Å². The second-order valence-corrected chi connectivity index (χ2v) is 9.10. The quantitative estimate of drug-likeness (QED) is 0.175. The monoisotopic (exact) mass is 438 g/mol. The Kier molecular flexibility index (Phi) is 23.0. The molecule has 0 aliphatic rings. The standard InChI is InChI=1S/C26H54N4O/c1-4-5-6-7-8-9-10-11-13-19-26(31)28-21-14-17-24-29(2)22-15-12-16-23-30(3)25-18-20-27/h12,15H,4-11,13-14,16-25,27H2,1-3H3,(H,28,31). The third-order valence-electron chi connectivity index (χ3n) is 5.80. The number of rotatable bonds is 23. The van der Waals surface area contributed by atoms with Gasteiger partial charge in [0.25, 0.3) is 0 Å². The molecule has 0 aliphatic carbocycles. The Morgan fingerprint density at radius 3 is 2.10 bits per heavy atom. The molecule has 3 N–H and O–H groups in total. The fourth-order valence-electron chi connectivity index (χ4n) is 3.65. The molecule has 0 aromatic carbocycles. The summed E-state index contributed by atoms with van der Waals surface area (Å²) in [6.45, 7) is 8.10. The van der Waals surface area contributed by atoms with E-state index in [0.29, 0.717) is 6.42 Å². The van der Waals surface area contributed by atoms with Crippen LogP contribution in [0.3, 0.4) is 0 Å². The minimum Gasteiger partial charge on any atom is -0.356 e. The van der Waals surface area contributed by atoms with Crippen LogP contribution in [0.2, 0.25) is 0 Å². The van der Waals surface area contributed by atoms with E-state index in [9.17, 15) is 4.79 Å². The molecule has 0 heterocycles. The highest BCUT2D eigenvalue weighted by molar-refractivity contribution is 5.75. The number of hydrogen-bond donors (Lipinski definition) is 2. The normalized spacial score (nSPS) is 11.8. The number of likely N-dealkylation sites (N-methyl/N-ethyl adjacent to an activating group) is 1. The lowest BCUT2D eigenvalue weighted by Gasteiger charge is -2.15. The first-order valence-corrected chi connectivity index (χ1v) is 13.1. The van der Waals surface area contributed by atoms with Crippen molar-refractivity contribution in [2.24, 2.45) is 5.73 Å². The Morgan fingerprint density at radius 1 is 0.774 bits per heavy atom. The molecular weight excluding hydrogens is 384 g/mol. The topological polar surface area (TPSA) is 61.6 Å². The van der Waals surface area contributed by atoms with Crippen LogP contribution in [0.4, 0.5) is 0 Å². The Balaban J connectivity index is 3.42. The first-order chi connectivity index (χ1) is 15.1. The van der Waals surface area contributed by atoms with Crippen LogP contribution in [0, 0.1) is 0 Å². The van der Waals surface area contributed by atoms with E-state index >= 15 is 0 Å². The van der Waals surface area contributed by atoms with E-state index < -0.39 is 0 Å². The van der Waals surface area contributed by atoms with Crippen LogP contribution in [0.1, 0.15) is 96.8 Å². The van der Waals surface area contributed by atoms with Crippen LogP contribution >= 0.6 is 0 Å². The van der Waals surface area contributed by atoms with E-state index in [1.165, 1.54) is 51.4 Å². The number of carbonyl (C=O) groups is 1. The smallest absolute Gasteiger partial charge is 0.219 e. The number of hydrogen-bond acceptors (Lipinski definition) is 4. The van der Waals surface area contributed by atoms with Crippen LogP contribution in [0.15, 0.2) is 12.2 Å². The molecule has 0 saturated carbocycles. The van der Waals surface area contributed by atoms with Gasteiger partial charge in [0.15, 0.2) is 0 Å². The molecule has 0 aromatic rings. The van der Waals surface area contributed by atoms with Crippen molar-refractivity contribution in [1.82, 2.24) is 15.1 Å². The van der Waals surface area contributed by atoms with Crippen molar-refractivity contribution < 1.29 is 4.79 Å². The van der Waals surface area contributed by atoms with Crippen molar-refractivity contribution in [3.8, 4) is 0 Å². The minimum atomic E-state index is 0.232. The van der Waals surface area contributed by atoms with E-state index in [1.807, 2.05) is 0 Å². The summed E-state index contributed by atoms with van der Waals surface area (Å²) >= 11 is 0. The summed E-state index contributed by atoms with van der Waals surface area (Å²) in [4.78, 5) is 16.6. The summed E-state index contributed by atoms with van der Waals surface area (Å²) in [5.41, 5.74) is 5.54. The molecule has 0 radical (unpaired) electrons. The highest BCUT2D eigenvalue weighted by atomic mass is 16.1. The molecule has 0 spiro atoms. The van der Waals surface area contributed by atoms with Gasteiger partial charge in [-0.15, -0.1) is 0 Å². The van der Waals surface area contributed by atoms with Crippen molar-refractivity contribution in [2.75, 3.05) is 53.4 Å². The maximum Gasteiger partial charge on any atom is 0.219 e. The van der Waals surface area contributed by atoms with E-state index in [0.717, 1.165) is 71.4 Å². The van der Waals surface area contributed by atoms with E-state index in [4.69, 9.17) is 5.73 Å². The zero-order valence-electron chi connectivity index (χ0n) is 21.2. The third-order valence-corrected chi connectivity index (χ3v) is 5.80. The predicted octanol–water partition coefficient (Wildman–Crippen LogP) is 4.96. The van der Waals surface area contributed by atoms with Gasteiger partial charge in [-0.25, -0.2) is 0 Å². The number of nitrogens with one attached hydrogen (secondary N) is 1. The maximum absolute atomic E-state index is 11.9. The highest BCUT2D eigenvalue weighted by Crippen LogP contribution is 2.10. The average Bonchev–Trinajstić information content (AvgIpc) is 2.76. The number of amides is 1. The molecule has 5 heteroatoms. The minimum absolute atomic E-state index is 0.232. The number of carbonyl (C=O) groups excluding carboxylic acids is 1. The molecule has 0 unspecified atom stereocenters. The van der Waals surface area contributed by atoms with Crippen LogP contribution < -0.4 is 11.1 Å². The summed E-state index contributed by atoms with van der Waals surface area (Å²) in [5.74, 6) is 0.232. The van der Waals surface area contributed by atoms with Crippen molar-refractivity contribution in [2.45, 2.75) is 96.8 Å². The first kappa shape index (κ1) is 30.1. The summed E-state index contributed by atoms with van der Waals surface area (Å²) in [7, 11) is 4.32. The Hall–Kier alpha value is -0.910. The van der Waals surface area contributed by atoms with Crippen LogP contribution in [0.25, 0.3) is 0 Å². The van der Waals surface area contributed by atoms with Gasteiger partial charge in [0, 0.05) is 26.1 Å². The number of nitrogens with zero attached hydrogens (tertiary/aromatic N) is 2. The first-order valence-electron chi connectivity index (χ1n) is 13.1. The summed E-state index contributed by atoms with van der Waals surface area (Å²) in [5, 5.41) is 3.08. The van der Waals surface area contributed by atoms with Crippen molar-refractivity contribution >= 4 is 5.91 Å². The fourth-order valence-corrected chi connectivity index (χ4v) is 3.65. The molecule has 1 amide bonds. The highest BCUT2D eigenvalue weighted by Gasteiger charge is 2.01. The summed E-state index contributed by atoms with van der Waals surface area (Å²) < 4.78 is 0. The summed E-state index contributed by atoms with van der Waals surface area (Å²) in [6, 6.07) is 0. The van der Waals surface area contributed by atoms with Gasteiger partial charge < -0.3 is 20.9 Å². The zero-order valence-corrected chi connectivity index (χ0v) is 21.2. The number of unbranched alkanes of at least 4 members (excludes halogenated alkanes) is 9. The molecule has 5 nitrogen and oxygen atoms in total. The van der Waals surface area contributed by atoms with Gasteiger partial charge in [-0.1, -0.05) is 70.4 Å². The van der Waals surface area contributed by atoms with Gasteiger partial charge in [0.2, 0.25) is 5.91 Å². The van der Waals surface area contributed by atoms with Crippen molar-refractivity contribution in [1.29, 1.82) is 0 Å². The average molecular weight is 439 g/mol. The molecule has 31 heavy (non-hydrogen) atoms. The van der Waals surface area contributed by atoms with Crippen LogP contribution in [-0.2, 0) is 4.79 Å². The molecule has 0 fully saturated rings.